The second-order valence-electron chi connectivity index (χ2n) is 2.15. The van der Waals surface area contributed by atoms with Crippen molar-refractivity contribution in [2.45, 2.75) is 27.7 Å². The lowest BCUT2D eigenvalue weighted by molar-refractivity contribution is 1.02. The highest BCUT2D eigenvalue weighted by Gasteiger charge is 1.71. The van der Waals surface area contributed by atoms with E-state index in [1.165, 1.54) is 5.57 Å². The van der Waals surface area contributed by atoms with E-state index in [4.69, 9.17) is 0 Å². The van der Waals surface area contributed by atoms with Crippen LogP contribution in [0.5, 0.6) is 0 Å². The van der Waals surface area contributed by atoms with E-state index in [0.29, 0.717) is 0 Å². The van der Waals surface area contributed by atoms with Gasteiger partial charge in [0.2, 0.25) is 0 Å². The zero-order valence-electron chi connectivity index (χ0n) is 10.0. The molecular weight excluding hydrogens is 158 g/mol. The summed E-state index contributed by atoms with van der Waals surface area (Å²) in [6.07, 6.45) is 7.81. The van der Waals surface area contributed by atoms with Gasteiger partial charge >= 0.3 is 0 Å². The summed E-state index contributed by atoms with van der Waals surface area (Å²) >= 11 is 0. The molecule has 0 aromatic carbocycles. The van der Waals surface area contributed by atoms with Gasteiger partial charge in [-0.25, -0.2) is 0 Å². The van der Waals surface area contributed by atoms with Crippen LogP contribution in [-0.4, -0.2) is 14.1 Å². The smallest absolute Gasteiger partial charge is 0.0167 e. The zero-order chi connectivity index (χ0) is 11.1. The van der Waals surface area contributed by atoms with Crippen molar-refractivity contribution < 1.29 is 0 Å². The molecule has 0 amide bonds. The highest BCUT2D eigenvalue weighted by molar-refractivity contribution is 5.19. The van der Waals surface area contributed by atoms with Gasteiger partial charge in [0.15, 0.2) is 0 Å². The Balaban J connectivity index is -0.000000169. The van der Waals surface area contributed by atoms with E-state index < -0.39 is 0 Å². The molecule has 13 heavy (non-hydrogen) atoms. The van der Waals surface area contributed by atoms with Gasteiger partial charge < -0.3 is 5.32 Å². The molecular formula is C12H25N. The first-order chi connectivity index (χ1) is 6.22. The third-order valence-corrected chi connectivity index (χ3v) is 0.810. The molecule has 0 aromatic rings. The van der Waals surface area contributed by atoms with E-state index >= 15 is 0 Å². The number of rotatable bonds is 2. The molecule has 0 atom stereocenters. The molecule has 0 unspecified atom stereocenters. The Labute approximate surface area is 84.2 Å². The van der Waals surface area contributed by atoms with Gasteiger partial charge in [-0.3, -0.25) is 0 Å². The lowest BCUT2D eigenvalue weighted by Gasteiger charge is -1.82. The molecule has 1 nitrogen and oxygen atoms in total. The predicted molar refractivity (Wildman–Crippen MR) is 65.1 cm³/mol. The molecule has 0 fully saturated rings. The van der Waals surface area contributed by atoms with Crippen LogP contribution in [0, 0.1) is 0 Å². The first kappa shape index (κ1) is 18.1. The van der Waals surface area contributed by atoms with E-state index in [-0.39, 0.29) is 0 Å². The van der Waals surface area contributed by atoms with Crippen molar-refractivity contribution in [1.82, 2.24) is 5.32 Å². The van der Waals surface area contributed by atoms with E-state index in [1.807, 2.05) is 60.0 Å². The minimum Gasteiger partial charge on any atom is -0.323 e. The lowest BCUT2D eigenvalue weighted by atomic mass is 10.2. The molecule has 0 heterocycles. The monoisotopic (exact) mass is 183 g/mol. The summed E-state index contributed by atoms with van der Waals surface area (Å²) in [6.45, 7) is 11.6. The van der Waals surface area contributed by atoms with Crippen molar-refractivity contribution in [3.05, 3.63) is 36.5 Å². The van der Waals surface area contributed by atoms with Crippen LogP contribution >= 0.6 is 0 Å². The maximum absolute atomic E-state index is 3.57. The summed E-state index contributed by atoms with van der Waals surface area (Å²) in [5.74, 6) is 0. The van der Waals surface area contributed by atoms with Gasteiger partial charge in [0.1, 0.15) is 0 Å². The van der Waals surface area contributed by atoms with Crippen molar-refractivity contribution >= 4 is 0 Å². The molecule has 0 saturated heterocycles. The van der Waals surface area contributed by atoms with Gasteiger partial charge in [-0.2, -0.15) is 0 Å². The Morgan fingerprint density at radius 1 is 1.23 bits per heavy atom. The van der Waals surface area contributed by atoms with Crippen molar-refractivity contribution in [2.75, 3.05) is 14.1 Å². The fourth-order valence-corrected chi connectivity index (χ4v) is 0.504. The Kier molecular flexibility index (Phi) is 31.2. The third-order valence-electron chi connectivity index (χ3n) is 0.810. The molecule has 0 aliphatic carbocycles. The van der Waals surface area contributed by atoms with Crippen LogP contribution in [0.3, 0.4) is 0 Å². The Morgan fingerprint density at radius 2 is 1.62 bits per heavy atom. The van der Waals surface area contributed by atoms with E-state index in [9.17, 15) is 0 Å². The molecule has 1 heteroatoms. The largest absolute Gasteiger partial charge is 0.323 e. The minimum atomic E-state index is 1.24. The van der Waals surface area contributed by atoms with Crippen molar-refractivity contribution in [2.24, 2.45) is 0 Å². The second-order valence-corrected chi connectivity index (χ2v) is 2.15. The van der Waals surface area contributed by atoms with Crippen LogP contribution in [0.25, 0.3) is 0 Å². The van der Waals surface area contributed by atoms with Gasteiger partial charge in [-0.05, 0) is 27.9 Å². The predicted octanol–water partition coefficient (Wildman–Crippen LogP) is 3.56. The molecule has 0 radical (unpaired) electrons. The van der Waals surface area contributed by atoms with Gasteiger partial charge in [0.05, 0.1) is 0 Å². The Morgan fingerprint density at radius 3 is 1.85 bits per heavy atom. The maximum Gasteiger partial charge on any atom is -0.0167 e. The summed E-state index contributed by atoms with van der Waals surface area (Å²) in [4.78, 5) is 0. The number of hydrogen-bond donors (Lipinski definition) is 1. The highest BCUT2D eigenvalue weighted by Crippen LogP contribution is 1.92. The van der Waals surface area contributed by atoms with E-state index in [1.54, 1.807) is 6.08 Å². The summed E-state index contributed by atoms with van der Waals surface area (Å²) in [5, 5.41) is 2.75. The molecule has 0 aliphatic rings. The lowest BCUT2D eigenvalue weighted by Crippen LogP contribution is -1.89. The molecule has 0 aliphatic heterocycles. The molecule has 0 spiro atoms. The minimum absolute atomic E-state index is 1.24. The van der Waals surface area contributed by atoms with Gasteiger partial charge in [0.25, 0.3) is 0 Å². The Bertz CT molecular complexity index is 132. The first-order valence-electron chi connectivity index (χ1n) is 4.73. The van der Waals surface area contributed by atoms with Crippen molar-refractivity contribution in [3.63, 3.8) is 0 Å². The van der Waals surface area contributed by atoms with Gasteiger partial charge in [0, 0.05) is 0 Å². The second kappa shape index (κ2) is 22.5. The molecule has 0 rings (SSSR count). The third kappa shape index (κ3) is 35.1. The first-order valence-corrected chi connectivity index (χ1v) is 4.73. The molecule has 1 N–H and O–H groups in total. The summed E-state index contributed by atoms with van der Waals surface area (Å²) < 4.78 is 0. The van der Waals surface area contributed by atoms with Crippen LogP contribution in [0.2, 0.25) is 0 Å². The van der Waals surface area contributed by atoms with Gasteiger partial charge in [-0.1, -0.05) is 50.3 Å². The van der Waals surface area contributed by atoms with Crippen LogP contribution in [0.1, 0.15) is 27.7 Å². The normalized spacial score (nSPS) is 9.54. The van der Waals surface area contributed by atoms with Gasteiger partial charge in [-0.15, -0.1) is 0 Å². The van der Waals surface area contributed by atoms with Crippen molar-refractivity contribution in [3.8, 4) is 0 Å². The maximum atomic E-state index is 3.57. The fourth-order valence-electron chi connectivity index (χ4n) is 0.504. The standard InChI is InChI=1S/C8H12.C2H7N.C2H6/c1-4-6-8(3)7-5-2;1-3-2;1-2/h4-7H,1H2,2-3H3;3H,1-2H3;1-2H3/b7-5?,8-6-;;. The average Bonchev–Trinajstić information content (AvgIpc) is 2.10. The van der Waals surface area contributed by atoms with E-state index in [2.05, 4.69) is 11.9 Å². The molecule has 78 valence electrons. The fraction of sp³-hybridized carbons (Fsp3) is 0.500. The molecule has 0 aromatic heterocycles. The Hall–Kier alpha value is -0.820. The SMILES string of the molecule is C=C/C=C(/C)C=CC.CC.CNC. The topological polar surface area (TPSA) is 12.0 Å². The summed E-state index contributed by atoms with van der Waals surface area (Å²) in [5.41, 5.74) is 1.24. The van der Waals surface area contributed by atoms with Crippen LogP contribution in [-0.2, 0) is 0 Å². The summed E-state index contributed by atoms with van der Waals surface area (Å²) in [6, 6.07) is 0. The number of nitrogens with one attached hydrogen (secondary N) is 1. The zero-order valence-corrected chi connectivity index (χ0v) is 10.0. The van der Waals surface area contributed by atoms with E-state index in [0.717, 1.165) is 0 Å². The molecule has 0 saturated carbocycles. The quantitative estimate of drug-likeness (QED) is 0.645. The average molecular weight is 183 g/mol. The van der Waals surface area contributed by atoms with Crippen molar-refractivity contribution in [1.29, 1.82) is 0 Å². The van der Waals surface area contributed by atoms with Crippen LogP contribution in [0.15, 0.2) is 36.5 Å². The van der Waals surface area contributed by atoms with Crippen LogP contribution < -0.4 is 5.32 Å². The highest BCUT2D eigenvalue weighted by atomic mass is 14.7. The number of allylic oxidation sites excluding steroid dienone is 5. The summed E-state index contributed by atoms with van der Waals surface area (Å²) in [7, 11) is 3.75. The number of hydrogen-bond acceptors (Lipinski definition) is 1. The molecule has 0 bridgehead atoms. The van der Waals surface area contributed by atoms with Crippen LogP contribution in [0.4, 0.5) is 0 Å².